The first-order valence-electron chi connectivity index (χ1n) is 6.76. The third-order valence-electron chi connectivity index (χ3n) is 2.85. The van der Waals surface area contributed by atoms with Crippen molar-refractivity contribution in [2.75, 3.05) is 13.2 Å². The van der Waals surface area contributed by atoms with Gasteiger partial charge in [-0.15, -0.1) is 0 Å². The van der Waals surface area contributed by atoms with Gasteiger partial charge >= 0.3 is 0 Å². The molecule has 1 aromatic rings. The molecular formula is C14H27N3O. The van der Waals surface area contributed by atoms with Gasteiger partial charge in [0.1, 0.15) is 5.82 Å². The van der Waals surface area contributed by atoms with Gasteiger partial charge in [0.2, 0.25) is 0 Å². The first-order chi connectivity index (χ1) is 8.42. The molecule has 18 heavy (non-hydrogen) atoms. The van der Waals surface area contributed by atoms with Gasteiger partial charge in [0, 0.05) is 31.9 Å². The smallest absolute Gasteiger partial charge is 0.108 e. The normalized spacial score (nSPS) is 13.8. The zero-order valence-corrected chi connectivity index (χ0v) is 12.4. The van der Waals surface area contributed by atoms with Crippen molar-refractivity contribution < 1.29 is 4.74 Å². The molecule has 1 unspecified atom stereocenters. The average molecular weight is 253 g/mol. The van der Waals surface area contributed by atoms with Crippen LogP contribution in [0.3, 0.4) is 0 Å². The third kappa shape index (κ3) is 5.65. The van der Waals surface area contributed by atoms with Crippen LogP contribution in [-0.4, -0.2) is 34.3 Å². The molecule has 0 amide bonds. The molecule has 1 aromatic heterocycles. The van der Waals surface area contributed by atoms with E-state index < -0.39 is 0 Å². The van der Waals surface area contributed by atoms with Crippen molar-refractivity contribution in [3.63, 3.8) is 0 Å². The summed E-state index contributed by atoms with van der Waals surface area (Å²) in [4.78, 5) is 4.35. The van der Waals surface area contributed by atoms with Gasteiger partial charge in [0.05, 0.1) is 12.2 Å². The lowest BCUT2D eigenvalue weighted by atomic mass is 10.1. The van der Waals surface area contributed by atoms with Crippen LogP contribution >= 0.6 is 0 Å². The molecule has 1 heterocycles. The van der Waals surface area contributed by atoms with E-state index in [2.05, 4.69) is 42.6 Å². The molecule has 0 aliphatic rings. The van der Waals surface area contributed by atoms with Crippen molar-refractivity contribution in [1.82, 2.24) is 14.9 Å². The zero-order chi connectivity index (χ0) is 13.6. The molecule has 1 atom stereocenters. The maximum Gasteiger partial charge on any atom is 0.108 e. The van der Waals surface area contributed by atoms with Crippen LogP contribution in [0.5, 0.6) is 0 Å². The van der Waals surface area contributed by atoms with Crippen LogP contribution < -0.4 is 5.32 Å². The van der Waals surface area contributed by atoms with E-state index in [0.717, 1.165) is 31.8 Å². The maximum atomic E-state index is 5.85. The average Bonchev–Trinajstić information content (AvgIpc) is 2.67. The van der Waals surface area contributed by atoms with Crippen molar-refractivity contribution in [2.45, 2.75) is 52.2 Å². The summed E-state index contributed by atoms with van der Waals surface area (Å²) in [6.07, 6.45) is 5.87. The van der Waals surface area contributed by atoms with E-state index in [1.54, 1.807) is 0 Å². The second-order valence-corrected chi connectivity index (χ2v) is 5.67. The highest BCUT2D eigenvalue weighted by Gasteiger charge is 2.15. The highest BCUT2D eigenvalue weighted by molar-refractivity contribution is 4.92. The van der Waals surface area contributed by atoms with Gasteiger partial charge in [-0.3, -0.25) is 0 Å². The summed E-state index contributed by atoms with van der Waals surface area (Å²) in [5, 5.41) is 3.48. The molecule has 1 rings (SSSR count). The molecule has 104 valence electrons. The summed E-state index contributed by atoms with van der Waals surface area (Å²) >= 11 is 0. The molecular weight excluding hydrogens is 226 g/mol. The fourth-order valence-corrected chi connectivity index (χ4v) is 1.82. The molecule has 0 aliphatic heterocycles. The molecule has 0 saturated carbocycles. The number of likely N-dealkylation sites (N-methyl/N-ethyl adjacent to an activating group) is 1. The Morgan fingerprint density at radius 2 is 2.17 bits per heavy atom. The minimum atomic E-state index is -0.0725. The molecule has 4 nitrogen and oxygen atoms in total. The highest BCUT2D eigenvalue weighted by atomic mass is 16.5. The number of hydrogen-bond donors (Lipinski definition) is 1. The number of aryl methyl sites for hydroxylation is 2. The standard InChI is InChI=1S/C14H27N3O/c1-6-15-12(11-18-14(2,3)4)7-8-13-16-9-10-17(13)5/h9-10,12,15H,6-8,11H2,1-5H3. The molecule has 0 fully saturated rings. The second-order valence-electron chi connectivity index (χ2n) is 5.67. The Kier molecular flexibility index (Phi) is 5.82. The van der Waals surface area contributed by atoms with Gasteiger partial charge < -0.3 is 14.6 Å². The van der Waals surface area contributed by atoms with Crippen molar-refractivity contribution in [2.24, 2.45) is 7.05 Å². The molecule has 0 bridgehead atoms. The first kappa shape index (κ1) is 15.2. The molecule has 0 radical (unpaired) electrons. The predicted molar refractivity (Wildman–Crippen MR) is 74.7 cm³/mol. The zero-order valence-electron chi connectivity index (χ0n) is 12.4. The summed E-state index contributed by atoms with van der Waals surface area (Å²) in [6.45, 7) is 10.1. The van der Waals surface area contributed by atoms with Crippen LogP contribution in [0.2, 0.25) is 0 Å². The van der Waals surface area contributed by atoms with Crippen LogP contribution in [0.25, 0.3) is 0 Å². The minimum absolute atomic E-state index is 0.0725. The number of imidazole rings is 1. The monoisotopic (exact) mass is 253 g/mol. The van der Waals surface area contributed by atoms with E-state index in [4.69, 9.17) is 4.74 Å². The molecule has 4 heteroatoms. The Bertz CT molecular complexity index is 341. The van der Waals surface area contributed by atoms with Gasteiger partial charge in [-0.1, -0.05) is 6.92 Å². The summed E-state index contributed by atoms with van der Waals surface area (Å²) in [6, 6.07) is 0.394. The van der Waals surface area contributed by atoms with Crippen molar-refractivity contribution in [3.05, 3.63) is 18.2 Å². The third-order valence-corrected chi connectivity index (χ3v) is 2.85. The number of nitrogens with one attached hydrogen (secondary N) is 1. The van der Waals surface area contributed by atoms with Gasteiger partial charge in [0.25, 0.3) is 0 Å². The number of nitrogens with zero attached hydrogens (tertiary/aromatic N) is 2. The maximum absolute atomic E-state index is 5.85. The van der Waals surface area contributed by atoms with Crippen LogP contribution in [0.4, 0.5) is 0 Å². The lowest BCUT2D eigenvalue weighted by Crippen LogP contribution is -2.37. The topological polar surface area (TPSA) is 39.1 Å². The lowest BCUT2D eigenvalue weighted by Gasteiger charge is -2.25. The van der Waals surface area contributed by atoms with E-state index in [1.165, 1.54) is 0 Å². The molecule has 0 aromatic carbocycles. The Morgan fingerprint density at radius 1 is 1.44 bits per heavy atom. The van der Waals surface area contributed by atoms with Crippen molar-refractivity contribution in [1.29, 1.82) is 0 Å². The summed E-state index contributed by atoms with van der Waals surface area (Å²) in [5.41, 5.74) is -0.0725. The van der Waals surface area contributed by atoms with Crippen molar-refractivity contribution in [3.8, 4) is 0 Å². The van der Waals surface area contributed by atoms with Crippen LogP contribution in [0.1, 0.15) is 39.9 Å². The summed E-state index contributed by atoms with van der Waals surface area (Å²) < 4.78 is 7.93. The van der Waals surface area contributed by atoms with Crippen LogP contribution in [-0.2, 0) is 18.2 Å². The van der Waals surface area contributed by atoms with E-state index in [-0.39, 0.29) is 5.60 Å². The van der Waals surface area contributed by atoms with E-state index >= 15 is 0 Å². The Morgan fingerprint density at radius 3 is 2.67 bits per heavy atom. The first-order valence-corrected chi connectivity index (χ1v) is 6.76. The van der Waals surface area contributed by atoms with Gasteiger partial charge in [-0.25, -0.2) is 4.98 Å². The largest absolute Gasteiger partial charge is 0.374 e. The Balaban J connectivity index is 2.40. The van der Waals surface area contributed by atoms with E-state index in [0.29, 0.717) is 6.04 Å². The van der Waals surface area contributed by atoms with E-state index in [1.807, 2.05) is 19.4 Å². The number of ether oxygens (including phenoxy) is 1. The quantitative estimate of drug-likeness (QED) is 0.809. The fourth-order valence-electron chi connectivity index (χ4n) is 1.82. The number of rotatable bonds is 7. The molecule has 0 spiro atoms. The van der Waals surface area contributed by atoms with Gasteiger partial charge in [-0.05, 0) is 33.7 Å². The molecule has 0 aliphatic carbocycles. The second kappa shape index (κ2) is 6.90. The number of aromatic nitrogens is 2. The van der Waals surface area contributed by atoms with Gasteiger partial charge in [0.15, 0.2) is 0 Å². The van der Waals surface area contributed by atoms with Crippen LogP contribution in [0.15, 0.2) is 12.4 Å². The number of hydrogen-bond acceptors (Lipinski definition) is 3. The fraction of sp³-hybridized carbons (Fsp3) is 0.786. The van der Waals surface area contributed by atoms with E-state index in [9.17, 15) is 0 Å². The molecule has 0 saturated heterocycles. The Labute approximate surface area is 111 Å². The van der Waals surface area contributed by atoms with Crippen LogP contribution in [0, 0.1) is 0 Å². The predicted octanol–water partition coefficient (Wildman–Crippen LogP) is 2.15. The SMILES string of the molecule is CCNC(CCc1nccn1C)COC(C)(C)C. The highest BCUT2D eigenvalue weighted by Crippen LogP contribution is 2.10. The summed E-state index contributed by atoms with van der Waals surface area (Å²) in [7, 11) is 2.04. The summed E-state index contributed by atoms with van der Waals surface area (Å²) in [5.74, 6) is 1.13. The lowest BCUT2D eigenvalue weighted by molar-refractivity contribution is -0.0152. The Hall–Kier alpha value is -0.870. The van der Waals surface area contributed by atoms with Crippen molar-refractivity contribution >= 4 is 0 Å². The minimum Gasteiger partial charge on any atom is -0.374 e. The van der Waals surface area contributed by atoms with Gasteiger partial charge in [-0.2, -0.15) is 0 Å². The molecule has 1 N–H and O–H groups in total.